The molecule has 2 rings (SSSR count). The molecule has 0 aliphatic heterocycles. The Kier molecular flexibility index (Phi) is 2.26. The fourth-order valence-corrected chi connectivity index (χ4v) is 1.38. The van der Waals surface area contributed by atoms with E-state index in [0.717, 1.165) is 5.39 Å². The maximum Gasteiger partial charge on any atom is 0.214 e. The molecule has 15 heavy (non-hydrogen) atoms. The van der Waals surface area contributed by atoms with Crippen molar-refractivity contribution in [3.05, 3.63) is 36.1 Å². The predicted octanol–water partition coefficient (Wildman–Crippen LogP) is 2.78. The van der Waals surface area contributed by atoms with Crippen molar-refractivity contribution in [1.82, 2.24) is 0 Å². The minimum atomic E-state index is -0.662. The van der Waals surface area contributed by atoms with Gasteiger partial charge in [-0.25, -0.2) is 0 Å². The third-order valence-corrected chi connectivity index (χ3v) is 2.26. The summed E-state index contributed by atoms with van der Waals surface area (Å²) in [7, 11) is 0. The molecule has 0 saturated carbocycles. The molecule has 0 N–H and O–H groups in total. The van der Waals surface area contributed by atoms with E-state index in [9.17, 15) is 4.79 Å². The number of benzene rings is 1. The van der Waals surface area contributed by atoms with Crippen LogP contribution in [-0.2, 0) is 0 Å². The van der Waals surface area contributed by atoms with E-state index in [0.29, 0.717) is 5.58 Å². The van der Waals surface area contributed by atoms with Crippen LogP contribution in [-0.4, -0.2) is 5.78 Å². The fraction of sp³-hybridized carbons (Fsp3) is 0.167. The molecule has 0 saturated heterocycles. The van der Waals surface area contributed by atoms with Crippen molar-refractivity contribution in [2.24, 2.45) is 5.92 Å². The second-order valence-electron chi connectivity index (χ2n) is 3.36. The molecular weight excluding hydrogens is 190 g/mol. The molecule has 3 nitrogen and oxygen atoms in total. The van der Waals surface area contributed by atoms with Crippen LogP contribution in [0.15, 0.2) is 34.7 Å². The zero-order chi connectivity index (χ0) is 10.8. The number of hydrogen-bond acceptors (Lipinski definition) is 3. The van der Waals surface area contributed by atoms with Gasteiger partial charge in [-0.1, -0.05) is 18.2 Å². The van der Waals surface area contributed by atoms with E-state index < -0.39 is 5.92 Å². The van der Waals surface area contributed by atoms with E-state index in [1.54, 1.807) is 19.1 Å². The van der Waals surface area contributed by atoms with Crippen LogP contribution in [0.3, 0.4) is 0 Å². The van der Waals surface area contributed by atoms with Crippen LogP contribution >= 0.6 is 0 Å². The fourth-order valence-electron chi connectivity index (χ4n) is 1.38. The second kappa shape index (κ2) is 3.58. The number of Topliss-reactive ketones (excluding diaryl/α,β-unsaturated/α-hetero) is 1. The van der Waals surface area contributed by atoms with E-state index >= 15 is 0 Å². The number of ketones is 1. The zero-order valence-corrected chi connectivity index (χ0v) is 8.23. The monoisotopic (exact) mass is 199 g/mol. The molecule has 3 heteroatoms. The molecular formula is C12H9NO2. The molecule has 0 amide bonds. The first-order valence-corrected chi connectivity index (χ1v) is 4.65. The topological polar surface area (TPSA) is 54.0 Å². The Morgan fingerprint density at radius 2 is 2.20 bits per heavy atom. The molecule has 1 heterocycles. The van der Waals surface area contributed by atoms with Crippen LogP contribution in [0.25, 0.3) is 11.0 Å². The quantitative estimate of drug-likeness (QED) is 0.699. The summed E-state index contributed by atoms with van der Waals surface area (Å²) in [6, 6.07) is 10.9. The van der Waals surface area contributed by atoms with Gasteiger partial charge < -0.3 is 4.42 Å². The zero-order valence-electron chi connectivity index (χ0n) is 8.23. The summed E-state index contributed by atoms with van der Waals surface area (Å²) in [5.41, 5.74) is 0.672. The lowest BCUT2D eigenvalue weighted by molar-refractivity contribution is 0.0931. The van der Waals surface area contributed by atoms with Gasteiger partial charge in [0.1, 0.15) is 11.5 Å². The SMILES string of the molecule is CC(C#N)C(=O)c1cc2ccccc2o1. The van der Waals surface area contributed by atoms with Gasteiger partial charge >= 0.3 is 0 Å². The van der Waals surface area contributed by atoms with Gasteiger partial charge in [-0.2, -0.15) is 5.26 Å². The molecule has 1 unspecified atom stereocenters. The smallest absolute Gasteiger partial charge is 0.214 e. The van der Waals surface area contributed by atoms with Gasteiger partial charge in [0.2, 0.25) is 5.78 Å². The van der Waals surface area contributed by atoms with E-state index in [2.05, 4.69) is 0 Å². The number of para-hydroxylation sites is 1. The first kappa shape index (κ1) is 9.47. The summed E-state index contributed by atoms with van der Waals surface area (Å²) in [6.07, 6.45) is 0. The van der Waals surface area contributed by atoms with Crippen molar-refractivity contribution in [3.8, 4) is 6.07 Å². The number of carbonyl (C=O) groups excluding carboxylic acids is 1. The average molecular weight is 199 g/mol. The molecule has 0 aliphatic carbocycles. The minimum Gasteiger partial charge on any atom is -0.453 e. The average Bonchev–Trinajstić information content (AvgIpc) is 2.70. The van der Waals surface area contributed by atoms with Crippen molar-refractivity contribution < 1.29 is 9.21 Å². The highest BCUT2D eigenvalue weighted by atomic mass is 16.3. The summed E-state index contributed by atoms with van der Waals surface area (Å²) in [5, 5.41) is 9.51. The van der Waals surface area contributed by atoms with Crippen molar-refractivity contribution in [2.75, 3.05) is 0 Å². The molecule has 0 fully saturated rings. The number of rotatable bonds is 2. The Labute approximate surface area is 86.9 Å². The van der Waals surface area contributed by atoms with Gasteiger partial charge in [-0.15, -0.1) is 0 Å². The van der Waals surface area contributed by atoms with E-state index in [4.69, 9.17) is 9.68 Å². The van der Waals surface area contributed by atoms with Gasteiger partial charge in [-0.3, -0.25) is 4.79 Å². The Hall–Kier alpha value is -2.08. The van der Waals surface area contributed by atoms with Gasteiger partial charge in [-0.05, 0) is 19.1 Å². The lowest BCUT2D eigenvalue weighted by atomic mass is 10.1. The molecule has 1 atom stereocenters. The standard InChI is InChI=1S/C12H9NO2/c1-8(7-13)12(14)11-6-9-4-2-3-5-10(9)15-11/h2-6,8H,1H3. The molecule has 0 bridgehead atoms. The summed E-state index contributed by atoms with van der Waals surface area (Å²) >= 11 is 0. The van der Waals surface area contributed by atoms with E-state index in [-0.39, 0.29) is 11.5 Å². The van der Waals surface area contributed by atoms with Crippen molar-refractivity contribution in [2.45, 2.75) is 6.92 Å². The van der Waals surface area contributed by atoms with Gasteiger partial charge in [0.05, 0.1) is 6.07 Å². The highest BCUT2D eigenvalue weighted by Gasteiger charge is 2.18. The largest absolute Gasteiger partial charge is 0.453 e. The van der Waals surface area contributed by atoms with Crippen LogP contribution in [0.2, 0.25) is 0 Å². The maximum absolute atomic E-state index is 11.6. The Bertz CT molecular complexity index is 515. The maximum atomic E-state index is 11.6. The number of hydrogen-bond donors (Lipinski definition) is 0. The Balaban J connectivity index is 2.46. The highest BCUT2D eigenvalue weighted by molar-refractivity contribution is 6.00. The van der Waals surface area contributed by atoms with Crippen LogP contribution in [0.1, 0.15) is 17.5 Å². The van der Waals surface area contributed by atoms with E-state index in [1.165, 1.54) is 0 Å². The molecule has 2 aromatic rings. The molecule has 0 radical (unpaired) electrons. The minimum absolute atomic E-state index is 0.255. The number of nitrogens with zero attached hydrogens (tertiary/aromatic N) is 1. The molecule has 1 aromatic heterocycles. The molecule has 74 valence electrons. The van der Waals surface area contributed by atoms with Crippen LogP contribution in [0.4, 0.5) is 0 Å². The van der Waals surface area contributed by atoms with Gasteiger partial charge in [0.25, 0.3) is 0 Å². The van der Waals surface area contributed by atoms with Gasteiger partial charge in [0.15, 0.2) is 5.76 Å². The third-order valence-electron chi connectivity index (χ3n) is 2.26. The molecule has 1 aromatic carbocycles. The Morgan fingerprint density at radius 3 is 2.87 bits per heavy atom. The van der Waals surface area contributed by atoms with Crippen molar-refractivity contribution in [3.63, 3.8) is 0 Å². The summed E-state index contributed by atoms with van der Waals surface area (Å²) in [4.78, 5) is 11.6. The van der Waals surface area contributed by atoms with Crippen LogP contribution in [0, 0.1) is 17.2 Å². The predicted molar refractivity (Wildman–Crippen MR) is 55.3 cm³/mol. The highest BCUT2D eigenvalue weighted by Crippen LogP contribution is 2.20. The summed E-state index contributed by atoms with van der Waals surface area (Å²) < 4.78 is 5.35. The molecule has 0 spiro atoms. The van der Waals surface area contributed by atoms with Crippen molar-refractivity contribution >= 4 is 16.8 Å². The Morgan fingerprint density at radius 1 is 1.47 bits per heavy atom. The first-order chi connectivity index (χ1) is 7.22. The van der Waals surface area contributed by atoms with Crippen LogP contribution < -0.4 is 0 Å². The van der Waals surface area contributed by atoms with E-state index in [1.807, 2.05) is 24.3 Å². The second-order valence-corrected chi connectivity index (χ2v) is 3.36. The van der Waals surface area contributed by atoms with Crippen molar-refractivity contribution in [1.29, 1.82) is 5.26 Å². The first-order valence-electron chi connectivity index (χ1n) is 4.65. The third kappa shape index (κ3) is 1.62. The normalized spacial score (nSPS) is 12.3. The van der Waals surface area contributed by atoms with Crippen LogP contribution in [0.5, 0.6) is 0 Å². The summed E-state index contributed by atoms with van der Waals surface area (Å²) in [6.45, 7) is 1.56. The summed E-state index contributed by atoms with van der Waals surface area (Å²) in [5.74, 6) is -0.676. The number of fused-ring (bicyclic) bond motifs is 1. The number of furan rings is 1. The number of nitriles is 1. The number of carbonyl (C=O) groups is 1. The lowest BCUT2D eigenvalue weighted by Gasteiger charge is -1.95. The lowest BCUT2D eigenvalue weighted by Crippen LogP contribution is -2.07. The molecule has 0 aliphatic rings. The van der Waals surface area contributed by atoms with Gasteiger partial charge in [0, 0.05) is 5.39 Å².